The molecule has 15 heavy (non-hydrogen) atoms. The zero-order chi connectivity index (χ0) is 10.7. The van der Waals surface area contributed by atoms with Crippen molar-refractivity contribution in [3.8, 4) is 11.3 Å². The van der Waals surface area contributed by atoms with Crippen LogP contribution in [0.4, 0.5) is 4.39 Å². The van der Waals surface area contributed by atoms with Gasteiger partial charge < -0.3 is 5.73 Å². The first-order valence-corrected chi connectivity index (χ1v) is 5.58. The summed E-state index contributed by atoms with van der Waals surface area (Å²) >= 11 is 1.56. The quantitative estimate of drug-likeness (QED) is 0.866. The highest BCUT2D eigenvalue weighted by atomic mass is 32.1. The van der Waals surface area contributed by atoms with Crippen molar-refractivity contribution in [2.24, 2.45) is 5.73 Å². The van der Waals surface area contributed by atoms with Gasteiger partial charge in [0.25, 0.3) is 0 Å². The van der Waals surface area contributed by atoms with E-state index in [1.807, 2.05) is 11.4 Å². The summed E-state index contributed by atoms with van der Waals surface area (Å²) in [6.45, 7) is 0.593. The van der Waals surface area contributed by atoms with Gasteiger partial charge >= 0.3 is 0 Å². The second-order valence-corrected chi connectivity index (χ2v) is 4.12. The summed E-state index contributed by atoms with van der Waals surface area (Å²) in [5.74, 6) is -0.235. The van der Waals surface area contributed by atoms with E-state index >= 15 is 0 Å². The monoisotopic (exact) mass is 222 g/mol. The first kappa shape index (κ1) is 10.3. The number of hydrogen-bond donors (Lipinski definition) is 1. The summed E-state index contributed by atoms with van der Waals surface area (Å²) in [7, 11) is 0. The Bertz CT molecular complexity index is 453. The van der Waals surface area contributed by atoms with Gasteiger partial charge in [0.2, 0.25) is 0 Å². The van der Waals surface area contributed by atoms with Gasteiger partial charge in [0.05, 0.1) is 10.7 Å². The lowest BCUT2D eigenvalue weighted by Crippen LogP contribution is -2.01. The summed E-state index contributed by atoms with van der Waals surface area (Å²) in [6, 6.07) is 6.45. The second-order valence-electron chi connectivity index (χ2n) is 3.18. The minimum absolute atomic E-state index is 0.235. The fourth-order valence-electron chi connectivity index (χ4n) is 1.33. The molecule has 0 saturated carbocycles. The van der Waals surface area contributed by atoms with Gasteiger partial charge in [-0.2, -0.15) is 0 Å². The van der Waals surface area contributed by atoms with Gasteiger partial charge in [-0.3, -0.25) is 0 Å². The number of aromatic nitrogens is 1. The highest BCUT2D eigenvalue weighted by Gasteiger charge is 2.04. The molecule has 2 nitrogen and oxygen atoms in total. The Morgan fingerprint density at radius 3 is 3.00 bits per heavy atom. The summed E-state index contributed by atoms with van der Waals surface area (Å²) in [5.41, 5.74) is 7.08. The molecule has 1 heterocycles. The van der Waals surface area contributed by atoms with Crippen LogP contribution in [-0.2, 0) is 6.42 Å². The average Bonchev–Trinajstić information content (AvgIpc) is 2.67. The molecule has 0 amide bonds. The van der Waals surface area contributed by atoms with Crippen molar-refractivity contribution in [2.45, 2.75) is 6.42 Å². The van der Waals surface area contributed by atoms with Crippen LogP contribution in [0.25, 0.3) is 11.3 Å². The van der Waals surface area contributed by atoms with Crippen molar-refractivity contribution in [1.29, 1.82) is 0 Å². The molecule has 0 aliphatic heterocycles. The number of halogens is 1. The molecule has 1 aromatic carbocycles. The molecule has 0 saturated heterocycles. The molecule has 1 aromatic heterocycles. The van der Waals surface area contributed by atoms with Crippen molar-refractivity contribution in [3.05, 3.63) is 40.5 Å². The Balaban J connectivity index is 2.29. The summed E-state index contributed by atoms with van der Waals surface area (Å²) < 4.78 is 13.0. The third-order valence-corrected chi connectivity index (χ3v) is 2.94. The van der Waals surface area contributed by atoms with Crippen LogP contribution >= 0.6 is 11.3 Å². The third-order valence-electron chi connectivity index (χ3n) is 2.03. The molecular formula is C11H11FN2S. The summed E-state index contributed by atoms with van der Waals surface area (Å²) in [5, 5.41) is 2.93. The van der Waals surface area contributed by atoms with E-state index in [1.165, 1.54) is 12.1 Å². The van der Waals surface area contributed by atoms with Gasteiger partial charge in [0, 0.05) is 17.4 Å². The van der Waals surface area contributed by atoms with Crippen molar-refractivity contribution in [1.82, 2.24) is 4.98 Å². The Morgan fingerprint density at radius 2 is 2.27 bits per heavy atom. The number of nitrogens with zero attached hydrogens (tertiary/aromatic N) is 1. The summed E-state index contributed by atoms with van der Waals surface area (Å²) in [4.78, 5) is 4.38. The number of nitrogens with two attached hydrogens (primary N) is 1. The highest BCUT2D eigenvalue weighted by Crippen LogP contribution is 2.22. The minimum atomic E-state index is -0.235. The van der Waals surface area contributed by atoms with Crippen LogP contribution in [0.5, 0.6) is 0 Å². The van der Waals surface area contributed by atoms with Crippen molar-refractivity contribution in [3.63, 3.8) is 0 Å². The van der Waals surface area contributed by atoms with Crippen LogP contribution in [0, 0.1) is 5.82 Å². The van der Waals surface area contributed by atoms with Crippen LogP contribution in [0.2, 0.25) is 0 Å². The second kappa shape index (κ2) is 4.51. The molecule has 2 N–H and O–H groups in total. The van der Waals surface area contributed by atoms with E-state index in [0.29, 0.717) is 6.54 Å². The van der Waals surface area contributed by atoms with E-state index in [1.54, 1.807) is 17.4 Å². The predicted octanol–water partition coefficient (Wildman–Crippen LogP) is 2.45. The zero-order valence-corrected chi connectivity index (χ0v) is 8.93. The Hall–Kier alpha value is -1.26. The number of thiazole rings is 1. The third kappa shape index (κ3) is 2.40. The van der Waals surface area contributed by atoms with Crippen molar-refractivity contribution in [2.75, 3.05) is 6.54 Å². The van der Waals surface area contributed by atoms with Crippen LogP contribution in [-0.4, -0.2) is 11.5 Å². The molecular weight excluding hydrogens is 211 g/mol. The predicted molar refractivity (Wildman–Crippen MR) is 60.3 cm³/mol. The van der Waals surface area contributed by atoms with Crippen LogP contribution in [0.1, 0.15) is 5.01 Å². The fourth-order valence-corrected chi connectivity index (χ4v) is 2.15. The van der Waals surface area contributed by atoms with E-state index < -0.39 is 0 Å². The number of benzene rings is 1. The molecule has 0 atom stereocenters. The normalized spacial score (nSPS) is 10.5. The highest BCUT2D eigenvalue weighted by molar-refractivity contribution is 7.09. The molecule has 78 valence electrons. The van der Waals surface area contributed by atoms with E-state index in [4.69, 9.17) is 5.73 Å². The average molecular weight is 222 g/mol. The van der Waals surface area contributed by atoms with E-state index in [0.717, 1.165) is 22.7 Å². The standard InChI is InChI=1S/C11H11FN2S/c12-9-3-1-2-8(6-9)10-7-15-11(14-10)4-5-13/h1-3,6-7H,4-5,13H2. The maximum atomic E-state index is 13.0. The number of rotatable bonds is 3. The molecule has 2 rings (SSSR count). The number of hydrogen-bond acceptors (Lipinski definition) is 3. The molecule has 0 bridgehead atoms. The topological polar surface area (TPSA) is 38.9 Å². The van der Waals surface area contributed by atoms with Crippen molar-refractivity contribution < 1.29 is 4.39 Å². The SMILES string of the molecule is NCCc1nc(-c2cccc(F)c2)cs1. The first-order valence-electron chi connectivity index (χ1n) is 4.70. The maximum Gasteiger partial charge on any atom is 0.123 e. The van der Waals surface area contributed by atoms with Crippen molar-refractivity contribution >= 4 is 11.3 Å². The van der Waals surface area contributed by atoms with Gasteiger partial charge in [-0.25, -0.2) is 9.37 Å². The molecule has 0 unspecified atom stereocenters. The summed E-state index contributed by atoms with van der Waals surface area (Å²) in [6.07, 6.45) is 0.778. The molecule has 0 spiro atoms. The van der Waals surface area contributed by atoms with E-state index in [2.05, 4.69) is 4.98 Å². The Labute approximate surface area is 91.6 Å². The lowest BCUT2D eigenvalue weighted by atomic mass is 10.2. The molecule has 4 heteroatoms. The first-order chi connectivity index (χ1) is 7.29. The van der Waals surface area contributed by atoms with Crippen LogP contribution in [0.3, 0.4) is 0 Å². The maximum absolute atomic E-state index is 13.0. The smallest absolute Gasteiger partial charge is 0.123 e. The van der Waals surface area contributed by atoms with Gasteiger partial charge in [-0.1, -0.05) is 12.1 Å². The lowest BCUT2D eigenvalue weighted by Gasteiger charge is -1.95. The molecule has 0 aliphatic carbocycles. The van der Waals surface area contributed by atoms with Gasteiger partial charge in [-0.05, 0) is 18.7 Å². The molecule has 0 aliphatic rings. The van der Waals surface area contributed by atoms with Crippen LogP contribution < -0.4 is 5.73 Å². The lowest BCUT2D eigenvalue weighted by molar-refractivity contribution is 0.628. The van der Waals surface area contributed by atoms with Gasteiger partial charge in [0.1, 0.15) is 5.82 Å². The molecule has 0 radical (unpaired) electrons. The Morgan fingerprint density at radius 1 is 1.40 bits per heavy atom. The van der Waals surface area contributed by atoms with Gasteiger partial charge in [0.15, 0.2) is 0 Å². The minimum Gasteiger partial charge on any atom is -0.330 e. The molecule has 0 fully saturated rings. The zero-order valence-electron chi connectivity index (χ0n) is 8.11. The fraction of sp³-hybridized carbons (Fsp3) is 0.182. The Kier molecular flexibility index (Phi) is 3.08. The van der Waals surface area contributed by atoms with Gasteiger partial charge in [-0.15, -0.1) is 11.3 Å². The van der Waals surface area contributed by atoms with E-state index in [9.17, 15) is 4.39 Å². The van der Waals surface area contributed by atoms with E-state index in [-0.39, 0.29) is 5.82 Å². The molecule has 2 aromatic rings. The van der Waals surface area contributed by atoms with Crippen LogP contribution in [0.15, 0.2) is 29.6 Å². The largest absolute Gasteiger partial charge is 0.330 e.